The van der Waals surface area contributed by atoms with Gasteiger partial charge in [-0.25, -0.2) is 5.43 Å². The van der Waals surface area contributed by atoms with Crippen LogP contribution in [-0.2, 0) is 16.2 Å². The van der Waals surface area contributed by atoms with Crippen molar-refractivity contribution in [2.24, 2.45) is 5.10 Å². The molecule has 3 aromatic rings. The molecule has 0 aliphatic heterocycles. The number of aryl methyl sites for hydroxylation is 1. The number of hydrogen-bond acceptors (Lipinski definition) is 5. The number of anilines is 1. The van der Waals surface area contributed by atoms with E-state index in [4.69, 9.17) is 21.1 Å². The summed E-state index contributed by atoms with van der Waals surface area (Å²) in [5, 5.41) is 6.74. The first-order chi connectivity index (χ1) is 15.9. The van der Waals surface area contributed by atoms with E-state index in [0.29, 0.717) is 41.0 Å². The van der Waals surface area contributed by atoms with Crippen LogP contribution in [0.25, 0.3) is 0 Å². The molecule has 0 unspecified atom stereocenters. The lowest BCUT2D eigenvalue weighted by molar-refractivity contribution is -0.136. The van der Waals surface area contributed by atoms with Gasteiger partial charge in [-0.15, -0.1) is 0 Å². The molecule has 0 saturated carbocycles. The molecule has 0 radical (unpaired) electrons. The molecular formula is C25H24ClN3O4. The number of nitrogens with zero attached hydrogens (tertiary/aromatic N) is 1. The molecule has 2 N–H and O–H groups in total. The molecule has 0 aromatic heterocycles. The minimum Gasteiger partial charge on any atom is -0.490 e. The number of rotatable bonds is 8. The summed E-state index contributed by atoms with van der Waals surface area (Å²) in [5.74, 6) is -0.614. The number of benzene rings is 3. The van der Waals surface area contributed by atoms with Crippen LogP contribution in [0.4, 0.5) is 5.69 Å². The fourth-order valence-corrected chi connectivity index (χ4v) is 3.00. The first-order valence-corrected chi connectivity index (χ1v) is 10.7. The Labute approximate surface area is 197 Å². The van der Waals surface area contributed by atoms with Gasteiger partial charge in [-0.3, -0.25) is 9.59 Å². The van der Waals surface area contributed by atoms with Crippen molar-refractivity contribution in [1.82, 2.24) is 5.43 Å². The molecule has 0 atom stereocenters. The van der Waals surface area contributed by atoms with Gasteiger partial charge >= 0.3 is 11.8 Å². The van der Waals surface area contributed by atoms with Gasteiger partial charge in [0.05, 0.1) is 12.8 Å². The average molecular weight is 466 g/mol. The second kappa shape index (κ2) is 11.7. The minimum atomic E-state index is -0.908. The Bertz CT molecular complexity index is 1150. The maximum atomic E-state index is 12.0. The van der Waals surface area contributed by atoms with Gasteiger partial charge in [0.2, 0.25) is 0 Å². The number of hydrogen-bond donors (Lipinski definition) is 2. The van der Waals surface area contributed by atoms with E-state index in [1.165, 1.54) is 17.8 Å². The summed E-state index contributed by atoms with van der Waals surface area (Å²) in [4.78, 5) is 24.0. The standard InChI is InChI=1S/C25H24ClN3O4/c1-3-32-23-13-19(11-12-22(23)33-16-18-9-7-17(2)8-10-18)15-27-29-25(31)24(30)28-21-6-4-5-20(26)14-21/h4-15H,3,16H2,1-2H3,(H,28,30)(H,29,31)/b27-15+. The molecule has 0 aliphatic carbocycles. The Morgan fingerprint density at radius 2 is 1.76 bits per heavy atom. The molecule has 0 fully saturated rings. The van der Waals surface area contributed by atoms with Crippen LogP contribution in [0.15, 0.2) is 71.8 Å². The van der Waals surface area contributed by atoms with Crippen molar-refractivity contribution in [1.29, 1.82) is 0 Å². The summed E-state index contributed by atoms with van der Waals surface area (Å²) in [6.07, 6.45) is 1.41. The predicted molar refractivity (Wildman–Crippen MR) is 129 cm³/mol. The summed E-state index contributed by atoms with van der Waals surface area (Å²) >= 11 is 5.87. The molecule has 0 spiro atoms. The minimum absolute atomic E-state index is 0.408. The van der Waals surface area contributed by atoms with Gasteiger partial charge in [0.1, 0.15) is 6.61 Å². The van der Waals surface area contributed by atoms with Crippen LogP contribution in [0.2, 0.25) is 5.02 Å². The van der Waals surface area contributed by atoms with E-state index in [0.717, 1.165) is 5.56 Å². The largest absolute Gasteiger partial charge is 0.490 e. The van der Waals surface area contributed by atoms with Gasteiger partial charge < -0.3 is 14.8 Å². The zero-order chi connectivity index (χ0) is 23.6. The summed E-state index contributed by atoms with van der Waals surface area (Å²) in [7, 11) is 0. The van der Waals surface area contributed by atoms with Crippen LogP contribution in [0.3, 0.4) is 0 Å². The fourth-order valence-electron chi connectivity index (χ4n) is 2.81. The van der Waals surface area contributed by atoms with E-state index in [1.807, 2.05) is 38.1 Å². The molecule has 0 heterocycles. The predicted octanol–water partition coefficient (Wildman–Crippen LogP) is 4.71. The van der Waals surface area contributed by atoms with Gasteiger partial charge in [0.15, 0.2) is 11.5 Å². The number of ether oxygens (including phenoxy) is 2. The SMILES string of the molecule is CCOc1cc(/C=N/NC(=O)C(=O)Nc2cccc(Cl)c2)ccc1OCc1ccc(C)cc1. The summed E-state index contributed by atoms with van der Waals surface area (Å²) in [6.45, 7) is 4.78. The molecule has 33 heavy (non-hydrogen) atoms. The van der Waals surface area contributed by atoms with Crippen molar-refractivity contribution in [2.45, 2.75) is 20.5 Å². The van der Waals surface area contributed by atoms with Gasteiger partial charge in [0, 0.05) is 10.7 Å². The van der Waals surface area contributed by atoms with Crippen molar-refractivity contribution in [3.63, 3.8) is 0 Å². The van der Waals surface area contributed by atoms with Crippen LogP contribution in [0.1, 0.15) is 23.6 Å². The average Bonchev–Trinajstić information content (AvgIpc) is 2.80. The van der Waals surface area contributed by atoms with Crippen molar-refractivity contribution in [3.8, 4) is 11.5 Å². The lowest BCUT2D eigenvalue weighted by atomic mass is 10.2. The van der Waals surface area contributed by atoms with E-state index in [9.17, 15) is 9.59 Å². The van der Waals surface area contributed by atoms with Crippen molar-refractivity contribution >= 4 is 35.3 Å². The second-order valence-corrected chi connectivity index (χ2v) is 7.51. The van der Waals surface area contributed by atoms with Crippen LogP contribution < -0.4 is 20.2 Å². The van der Waals surface area contributed by atoms with Crippen LogP contribution >= 0.6 is 11.6 Å². The normalized spacial score (nSPS) is 10.6. The Morgan fingerprint density at radius 3 is 2.48 bits per heavy atom. The Kier molecular flexibility index (Phi) is 8.43. The Hall–Kier alpha value is -3.84. The van der Waals surface area contributed by atoms with E-state index in [1.54, 1.807) is 36.4 Å². The highest BCUT2D eigenvalue weighted by Crippen LogP contribution is 2.29. The Morgan fingerprint density at radius 1 is 0.970 bits per heavy atom. The highest BCUT2D eigenvalue weighted by atomic mass is 35.5. The van der Waals surface area contributed by atoms with Gasteiger partial charge in [-0.05, 0) is 61.4 Å². The van der Waals surface area contributed by atoms with Gasteiger partial charge in [-0.1, -0.05) is 47.5 Å². The number of carbonyl (C=O) groups is 2. The third kappa shape index (κ3) is 7.36. The van der Waals surface area contributed by atoms with Crippen LogP contribution in [-0.4, -0.2) is 24.6 Å². The van der Waals surface area contributed by atoms with Gasteiger partial charge in [-0.2, -0.15) is 5.10 Å². The molecular weight excluding hydrogens is 442 g/mol. The summed E-state index contributed by atoms with van der Waals surface area (Å²) in [6, 6.07) is 19.9. The lowest BCUT2D eigenvalue weighted by Crippen LogP contribution is -2.32. The van der Waals surface area contributed by atoms with E-state index in [-0.39, 0.29) is 0 Å². The first-order valence-electron chi connectivity index (χ1n) is 10.3. The number of amides is 2. The molecule has 0 bridgehead atoms. The first kappa shape index (κ1) is 23.8. The maximum absolute atomic E-state index is 12.0. The molecule has 2 amide bonds. The highest BCUT2D eigenvalue weighted by molar-refractivity contribution is 6.39. The smallest absolute Gasteiger partial charge is 0.329 e. The zero-order valence-electron chi connectivity index (χ0n) is 18.3. The van der Waals surface area contributed by atoms with Crippen LogP contribution in [0.5, 0.6) is 11.5 Å². The number of hydrazone groups is 1. The number of carbonyl (C=O) groups excluding carboxylic acids is 2. The Balaban J connectivity index is 1.59. The maximum Gasteiger partial charge on any atom is 0.329 e. The van der Waals surface area contributed by atoms with Crippen LogP contribution in [0, 0.1) is 6.92 Å². The van der Waals surface area contributed by atoms with Crippen molar-refractivity contribution in [2.75, 3.05) is 11.9 Å². The zero-order valence-corrected chi connectivity index (χ0v) is 19.1. The summed E-state index contributed by atoms with van der Waals surface area (Å²) < 4.78 is 11.6. The van der Waals surface area contributed by atoms with Gasteiger partial charge in [0.25, 0.3) is 0 Å². The fraction of sp³-hybridized carbons (Fsp3) is 0.160. The molecule has 3 aromatic carbocycles. The quantitative estimate of drug-likeness (QED) is 0.286. The monoisotopic (exact) mass is 465 g/mol. The molecule has 0 saturated heterocycles. The third-order valence-electron chi connectivity index (χ3n) is 4.45. The van der Waals surface area contributed by atoms with E-state index in [2.05, 4.69) is 15.8 Å². The number of nitrogens with one attached hydrogen (secondary N) is 2. The molecule has 3 rings (SSSR count). The second-order valence-electron chi connectivity index (χ2n) is 7.08. The summed E-state index contributed by atoms with van der Waals surface area (Å²) in [5.41, 5.74) is 5.51. The third-order valence-corrected chi connectivity index (χ3v) is 4.69. The molecule has 8 heteroatoms. The lowest BCUT2D eigenvalue weighted by Gasteiger charge is -2.12. The van der Waals surface area contributed by atoms with E-state index >= 15 is 0 Å². The molecule has 170 valence electrons. The molecule has 7 nitrogen and oxygen atoms in total. The topological polar surface area (TPSA) is 89.0 Å². The van der Waals surface area contributed by atoms with E-state index < -0.39 is 11.8 Å². The van der Waals surface area contributed by atoms with Crippen molar-refractivity contribution in [3.05, 3.63) is 88.4 Å². The number of halogens is 1. The highest BCUT2D eigenvalue weighted by Gasteiger charge is 2.13. The van der Waals surface area contributed by atoms with Crippen molar-refractivity contribution < 1.29 is 19.1 Å². The molecule has 0 aliphatic rings.